The van der Waals surface area contributed by atoms with Gasteiger partial charge in [-0.05, 0) is 26.5 Å². The Hall–Kier alpha value is -1.62. The summed E-state index contributed by atoms with van der Waals surface area (Å²) in [6, 6.07) is 1.85. The molecule has 0 fully saturated rings. The lowest BCUT2D eigenvalue weighted by Gasteiger charge is -2.13. The molecule has 4 N–H and O–H groups in total. The van der Waals surface area contributed by atoms with E-state index in [1.54, 1.807) is 6.92 Å². The highest BCUT2D eigenvalue weighted by Gasteiger charge is 2.12. The van der Waals surface area contributed by atoms with Crippen LogP contribution >= 0.6 is 0 Å². The first-order chi connectivity index (χ1) is 8.06. The van der Waals surface area contributed by atoms with Crippen LogP contribution in [0.4, 0.5) is 5.69 Å². The highest BCUT2D eigenvalue weighted by atomic mass is 16.1. The second-order valence-corrected chi connectivity index (χ2v) is 3.92. The number of nitrogens with zero attached hydrogens (tertiary/aromatic N) is 1. The lowest BCUT2D eigenvalue weighted by Crippen LogP contribution is -2.24. The van der Waals surface area contributed by atoms with Crippen LogP contribution in [0.1, 0.15) is 28.7 Å². The lowest BCUT2D eigenvalue weighted by atomic mass is 10.1. The molecule has 0 aromatic carbocycles. The van der Waals surface area contributed by atoms with Crippen molar-refractivity contribution in [3.05, 3.63) is 23.0 Å². The molecule has 5 heteroatoms. The van der Waals surface area contributed by atoms with Crippen LogP contribution in [0.3, 0.4) is 0 Å². The van der Waals surface area contributed by atoms with Gasteiger partial charge in [-0.3, -0.25) is 9.78 Å². The van der Waals surface area contributed by atoms with Crippen LogP contribution in [0.25, 0.3) is 0 Å². The van der Waals surface area contributed by atoms with E-state index >= 15 is 0 Å². The van der Waals surface area contributed by atoms with Crippen LogP contribution in [-0.4, -0.2) is 30.5 Å². The van der Waals surface area contributed by atoms with Gasteiger partial charge in [-0.25, -0.2) is 0 Å². The number of nitrogens with one attached hydrogen (secondary N) is 2. The van der Waals surface area contributed by atoms with Crippen molar-refractivity contribution in [2.45, 2.75) is 20.8 Å². The summed E-state index contributed by atoms with van der Waals surface area (Å²) in [5.41, 5.74) is 8.15. The zero-order valence-corrected chi connectivity index (χ0v) is 10.6. The molecule has 5 nitrogen and oxygen atoms in total. The molecule has 0 bridgehead atoms. The van der Waals surface area contributed by atoms with Crippen LogP contribution in [0, 0.1) is 13.8 Å². The third kappa shape index (κ3) is 3.71. The maximum atomic E-state index is 11.4. The van der Waals surface area contributed by atoms with Gasteiger partial charge >= 0.3 is 0 Å². The molecule has 94 valence electrons. The SMILES string of the molecule is CCNCCNc1cc(C)nc(C)c1C(N)=O. The minimum atomic E-state index is -0.444. The van der Waals surface area contributed by atoms with Crippen molar-refractivity contribution in [1.82, 2.24) is 10.3 Å². The fourth-order valence-electron chi connectivity index (χ4n) is 1.74. The molecule has 0 spiro atoms. The first-order valence-corrected chi connectivity index (χ1v) is 5.79. The maximum absolute atomic E-state index is 11.4. The summed E-state index contributed by atoms with van der Waals surface area (Å²) in [7, 11) is 0. The van der Waals surface area contributed by atoms with Crippen molar-refractivity contribution in [2.24, 2.45) is 5.73 Å². The summed E-state index contributed by atoms with van der Waals surface area (Å²) in [6.45, 7) is 8.26. The van der Waals surface area contributed by atoms with Crippen molar-refractivity contribution in [3.63, 3.8) is 0 Å². The molecule has 0 unspecified atom stereocenters. The highest BCUT2D eigenvalue weighted by Crippen LogP contribution is 2.18. The number of likely N-dealkylation sites (N-methyl/N-ethyl adjacent to an activating group) is 1. The number of carbonyl (C=O) groups is 1. The predicted octanol–water partition coefficient (Wildman–Crippen LogP) is 0.819. The summed E-state index contributed by atoms with van der Waals surface area (Å²) >= 11 is 0. The molecule has 0 saturated heterocycles. The molecule has 1 heterocycles. The second kappa shape index (κ2) is 6.20. The van der Waals surface area contributed by atoms with E-state index in [1.807, 2.05) is 13.0 Å². The Labute approximate surface area is 102 Å². The Bertz CT molecular complexity index is 404. The number of hydrogen-bond acceptors (Lipinski definition) is 4. The van der Waals surface area contributed by atoms with Gasteiger partial charge in [0.25, 0.3) is 5.91 Å². The van der Waals surface area contributed by atoms with Gasteiger partial charge in [-0.2, -0.15) is 0 Å². The van der Waals surface area contributed by atoms with E-state index in [2.05, 4.69) is 22.5 Å². The van der Waals surface area contributed by atoms with E-state index in [0.29, 0.717) is 11.3 Å². The fraction of sp³-hybridized carbons (Fsp3) is 0.500. The highest BCUT2D eigenvalue weighted by molar-refractivity contribution is 5.99. The van der Waals surface area contributed by atoms with E-state index in [4.69, 9.17) is 5.73 Å². The first-order valence-electron chi connectivity index (χ1n) is 5.79. The number of anilines is 1. The second-order valence-electron chi connectivity index (χ2n) is 3.92. The Morgan fingerprint density at radius 1 is 1.41 bits per heavy atom. The lowest BCUT2D eigenvalue weighted by molar-refractivity contribution is 0.1000. The van der Waals surface area contributed by atoms with Crippen LogP contribution in [-0.2, 0) is 0 Å². The summed E-state index contributed by atoms with van der Waals surface area (Å²) in [4.78, 5) is 15.6. The number of pyridine rings is 1. The third-order valence-corrected chi connectivity index (χ3v) is 2.44. The summed E-state index contributed by atoms with van der Waals surface area (Å²) in [5.74, 6) is -0.444. The van der Waals surface area contributed by atoms with Gasteiger partial charge < -0.3 is 16.4 Å². The van der Waals surface area contributed by atoms with Crippen molar-refractivity contribution >= 4 is 11.6 Å². The topological polar surface area (TPSA) is 80.0 Å². The van der Waals surface area contributed by atoms with Crippen molar-refractivity contribution < 1.29 is 4.79 Å². The van der Waals surface area contributed by atoms with Gasteiger partial charge in [-0.1, -0.05) is 6.92 Å². The Kier molecular flexibility index (Phi) is 4.90. The van der Waals surface area contributed by atoms with Gasteiger partial charge in [0.15, 0.2) is 0 Å². The van der Waals surface area contributed by atoms with E-state index in [-0.39, 0.29) is 0 Å². The molecule has 0 aliphatic rings. The van der Waals surface area contributed by atoms with Gasteiger partial charge in [0.2, 0.25) is 0 Å². The molecule has 1 amide bonds. The number of aryl methyl sites for hydroxylation is 2. The monoisotopic (exact) mass is 236 g/mol. The quantitative estimate of drug-likeness (QED) is 0.639. The molecule has 1 aromatic rings. The van der Waals surface area contributed by atoms with Crippen molar-refractivity contribution in [3.8, 4) is 0 Å². The molecule has 0 aliphatic carbocycles. The molecular weight excluding hydrogens is 216 g/mol. The minimum absolute atomic E-state index is 0.444. The van der Waals surface area contributed by atoms with Crippen LogP contribution in [0.5, 0.6) is 0 Å². The summed E-state index contributed by atoms with van der Waals surface area (Å²) < 4.78 is 0. The summed E-state index contributed by atoms with van der Waals surface area (Å²) in [5, 5.41) is 6.41. The Balaban J connectivity index is 2.85. The van der Waals surface area contributed by atoms with Crippen molar-refractivity contribution in [2.75, 3.05) is 25.0 Å². The number of carbonyl (C=O) groups excluding carboxylic acids is 1. The molecule has 0 atom stereocenters. The van der Waals surface area contributed by atoms with E-state index in [0.717, 1.165) is 31.0 Å². The van der Waals surface area contributed by atoms with Gasteiger partial charge in [0.05, 0.1) is 16.9 Å². The van der Waals surface area contributed by atoms with E-state index in [9.17, 15) is 4.79 Å². The average Bonchev–Trinajstić information content (AvgIpc) is 2.22. The first kappa shape index (κ1) is 13.4. The molecule has 0 aliphatic heterocycles. The zero-order valence-electron chi connectivity index (χ0n) is 10.6. The predicted molar refractivity (Wildman–Crippen MR) is 69.3 cm³/mol. The Morgan fingerprint density at radius 3 is 2.71 bits per heavy atom. The smallest absolute Gasteiger partial charge is 0.252 e. The number of aromatic nitrogens is 1. The van der Waals surface area contributed by atoms with Crippen molar-refractivity contribution in [1.29, 1.82) is 0 Å². The number of amides is 1. The van der Waals surface area contributed by atoms with E-state index < -0.39 is 5.91 Å². The van der Waals surface area contributed by atoms with Gasteiger partial charge in [-0.15, -0.1) is 0 Å². The summed E-state index contributed by atoms with van der Waals surface area (Å²) in [6.07, 6.45) is 0. The van der Waals surface area contributed by atoms with Gasteiger partial charge in [0.1, 0.15) is 0 Å². The third-order valence-electron chi connectivity index (χ3n) is 2.44. The van der Waals surface area contributed by atoms with Crippen LogP contribution in [0.2, 0.25) is 0 Å². The molecule has 1 aromatic heterocycles. The number of rotatable bonds is 6. The van der Waals surface area contributed by atoms with Gasteiger partial charge in [0, 0.05) is 18.8 Å². The minimum Gasteiger partial charge on any atom is -0.383 e. The standard InChI is InChI=1S/C12H20N4O/c1-4-14-5-6-15-10-7-8(2)16-9(3)11(10)12(13)17/h7,14H,4-6H2,1-3H3,(H2,13,17)(H,15,16). The maximum Gasteiger partial charge on any atom is 0.252 e. The molecule has 1 rings (SSSR count). The fourth-order valence-corrected chi connectivity index (χ4v) is 1.74. The number of nitrogens with two attached hydrogens (primary N) is 1. The number of primary amides is 1. The normalized spacial score (nSPS) is 10.3. The molecule has 0 saturated carbocycles. The van der Waals surface area contributed by atoms with E-state index in [1.165, 1.54) is 0 Å². The largest absolute Gasteiger partial charge is 0.383 e. The van der Waals surface area contributed by atoms with Crippen LogP contribution < -0.4 is 16.4 Å². The molecular formula is C12H20N4O. The average molecular weight is 236 g/mol. The zero-order chi connectivity index (χ0) is 12.8. The molecule has 0 radical (unpaired) electrons. The van der Waals surface area contributed by atoms with Crippen LogP contribution in [0.15, 0.2) is 6.07 Å². The molecule has 17 heavy (non-hydrogen) atoms. The number of hydrogen-bond donors (Lipinski definition) is 3. The Morgan fingerprint density at radius 2 is 2.12 bits per heavy atom.